The van der Waals surface area contributed by atoms with Gasteiger partial charge in [-0.1, -0.05) is 40.0 Å². The number of nitrogens with two attached hydrogens (primary N) is 1. The molecular weight excluding hydrogens is 270 g/mol. The summed E-state index contributed by atoms with van der Waals surface area (Å²) < 4.78 is 18.3. The Bertz CT molecular complexity index is 205. The Morgan fingerprint density at radius 2 is 1.35 bits per heavy atom. The fourth-order valence-electron chi connectivity index (χ4n) is 1.79. The van der Waals surface area contributed by atoms with Gasteiger partial charge in [0, 0.05) is 31.9 Å². The summed E-state index contributed by atoms with van der Waals surface area (Å²) in [5.74, 6) is 0. The molecule has 0 rings (SSSR count). The zero-order chi connectivity index (χ0) is 15.3. The van der Waals surface area contributed by atoms with E-state index in [0.29, 0.717) is 6.61 Å². The van der Waals surface area contributed by atoms with Gasteiger partial charge in [0.25, 0.3) is 0 Å². The van der Waals surface area contributed by atoms with E-state index in [0.717, 1.165) is 57.8 Å². The molecule has 0 amide bonds. The number of hydrogen-bond donors (Lipinski definition) is 1. The molecule has 0 saturated heterocycles. The molecular formula is C15H35NO3Si. The second kappa shape index (κ2) is 12.8. The highest BCUT2D eigenvalue weighted by Crippen LogP contribution is 2.20. The summed E-state index contributed by atoms with van der Waals surface area (Å²) in [5, 5.41) is 0. The molecule has 0 radical (unpaired) electrons. The van der Waals surface area contributed by atoms with Crippen LogP contribution in [0.15, 0.2) is 0 Å². The van der Waals surface area contributed by atoms with Crippen LogP contribution < -0.4 is 5.73 Å². The monoisotopic (exact) mass is 305 g/mol. The Labute approximate surface area is 126 Å². The van der Waals surface area contributed by atoms with Gasteiger partial charge in [-0.15, -0.1) is 0 Å². The highest BCUT2D eigenvalue weighted by Gasteiger charge is 2.40. The van der Waals surface area contributed by atoms with Crippen LogP contribution in [0.4, 0.5) is 0 Å². The molecule has 0 heterocycles. The molecule has 0 aromatic heterocycles. The summed E-state index contributed by atoms with van der Waals surface area (Å²) in [7, 11) is -2.49. The minimum absolute atomic E-state index is 0.162. The molecule has 0 saturated carbocycles. The first kappa shape index (κ1) is 20.1. The molecule has 0 aromatic carbocycles. The van der Waals surface area contributed by atoms with Gasteiger partial charge < -0.3 is 19.0 Å². The summed E-state index contributed by atoms with van der Waals surface area (Å²) in [5.41, 5.74) is 5.79. The first-order valence-corrected chi connectivity index (χ1v) is 10.2. The van der Waals surface area contributed by atoms with E-state index < -0.39 is 8.80 Å². The van der Waals surface area contributed by atoms with E-state index in [9.17, 15) is 0 Å². The lowest BCUT2D eigenvalue weighted by Crippen LogP contribution is -2.47. The van der Waals surface area contributed by atoms with Crippen molar-refractivity contribution >= 4 is 8.80 Å². The molecule has 0 aliphatic heterocycles. The van der Waals surface area contributed by atoms with Gasteiger partial charge in [0.15, 0.2) is 0 Å². The van der Waals surface area contributed by atoms with E-state index in [1.165, 1.54) is 0 Å². The summed E-state index contributed by atoms with van der Waals surface area (Å²) >= 11 is 0. The first-order valence-electron chi connectivity index (χ1n) is 8.27. The van der Waals surface area contributed by atoms with Crippen molar-refractivity contribution in [1.29, 1.82) is 0 Å². The van der Waals surface area contributed by atoms with Crippen LogP contribution in [0.25, 0.3) is 0 Å². The lowest BCUT2D eigenvalue weighted by Gasteiger charge is -2.30. The third kappa shape index (κ3) is 9.88. The van der Waals surface area contributed by atoms with Gasteiger partial charge in [0.05, 0.1) is 0 Å². The molecule has 122 valence electrons. The fourth-order valence-corrected chi connectivity index (χ4v) is 4.43. The lowest BCUT2D eigenvalue weighted by atomic mass is 10.3. The average molecular weight is 306 g/mol. The van der Waals surface area contributed by atoms with Gasteiger partial charge in [0.1, 0.15) is 0 Å². The van der Waals surface area contributed by atoms with E-state index in [1.54, 1.807) is 0 Å². The van der Waals surface area contributed by atoms with Crippen LogP contribution in [0.3, 0.4) is 0 Å². The highest BCUT2D eigenvalue weighted by molar-refractivity contribution is 6.60. The average Bonchev–Trinajstić information content (AvgIpc) is 2.39. The SMILES string of the molecule is CCCCO[Si](CCC)(OCCCC)OCCC(C)N. The fraction of sp³-hybridized carbons (Fsp3) is 1.00. The maximum atomic E-state index is 6.09. The summed E-state index contributed by atoms with van der Waals surface area (Å²) in [6.07, 6.45) is 6.27. The van der Waals surface area contributed by atoms with Crippen molar-refractivity contribution in [3.63, 3.8) is 0 Å². The predicted octanol–water partition coefficient (Wildman–Crippen LogP) is 3.72. The number of hydrogen-bond acceptors (Lipinski definition) is 4. The second-order valence-electron chi connectivity index (χ2n) is 5.45. The molecule has 0 aromatic rings. The van der Waals surface area contributed by atoms with Crippen molar-refractivity contribution in [3.05, 3.63) is 0 Å². The van der Waals surface area contributed by atoms with Gasteiger partial charge in [-0.3, -0.25) is 0 Å². The normalized spacial score (nSPS) is 13.7. The van der Waals surface area contributed by atoms with E-state index in [-0.39, 0.29) is 6.04 Å². The molecule has 0 aliphatic carbocycles. The van der Waals surface area contributed by atoms with E-state index in [2.05, 4.69) is 20.8 Å². The Balaban J connectivity index is 4.45. The minimum atomic E-state index is -2.49. The Hall–Kier alpha value is 0.0569. The largest absolute Gasteiger partial charge is 0.500 e. The van der Waals surface area contributed by atoms with Crippen LogP contribution in [-0.2, 0) is 13.3 Å². The van der Waals surface area contributed by atoms with Crippen molar-refractivity contribution in [2.75, 3.05) is 19.8 Å². The Morgan fingerprint density at radius 3 is 1.75 bits per heavy atom. The van der Waals surface area contributed by atoms with Crippen LogP contribution >= 0.6 is 0 Å². The molecule has 20 heavy (non-hydrogen) atoms. The third-order valence-corrected chi connectivity index (χ3v) is 6.14. The topological polar surface area (TPSA) is 53.7 Å². The van der Waals surface area contributed by atoms with Gasteiger partial charge in [-0.25, -0.2) is 0 Å². The zero-order valence-corrected chi connectivity index (χ0v) is 15.0. The van der Waals surface area contributed by atoms with Crippen LogP contribution in [0.5, 0.6) is 0 Å². The summed E-state index contributed by atoms with van der Waals surface area (Å²) in [6, 6.07) is 1.06. The Kier molecular flexibility index (Phi) is 12.8. The van der Waals surface area contributed by atoms with Crippen molar-refractivity contribution in [2.24, 2.45) is 5.73 Å². The van der Waals surface area contributed by atoms with Crippen molar-refractivity contribution in [2.45, 2.75) is 78.3 Å². The molecule has 0 bridgehead atoms. The van der Waals surface area contributed by atoms with Crippen molar-refractivity contribution in [3.8, 4) is 0 Å². The smallest absolute Gasteiger partial charge is 0.373 e. The van der Waals surface area contributed by atoms with Crippen LogP contribution in [0.1, 0.15) is 66.2 Å². The molecule has 2 N–H and O–H groups in total. The second-order valence-corrected chi connectivity index (χ2v) is 8.18. The molecule has 0 spiro atoms. The van der Waals surface area contributed by atoms with Crippen LogP contribution in [0.2, 0.25) is 6.04 Å². The third-order valence-electron chi connectivity index (χ3n) is 3.09. The van der Waals surface area contributed by atoms with Gasteiger partial charge in [-0.05, 0) is 26.2 Å². The molecule has 5 heteroatoms. The summed E-state index contributed by atoms with van der Waals surface area (Å²) in [6.45, 7) is 10.6. The first-order chi connectivity index (χ1) is 9.60. The van der Waals surface area contributed by atoms with Crippen LogP contribution in [0, 0.1) is 0 Å². The van der Waals surface area contributed by atoms with Crippen molar-refractivity contribution in [1.82, 2.24) is 0 Å². The van der Waals surface area contributed by atoms with E-state index in [1.807, 2.05) is 6.92 Å². The quantitative estimate of drug-likeness (QED) is 0.392. The number of unbranched alkanes of at least 4 members (excludes halogenated alkanes) is 2. The highest BCUT2D eigenvalue weighted by atomic mass is 28.4. The molecule has 4 nitrogen and oxygen atoms in total. The predicted molar refractivity (Wildman–Crippen MR) is 86.8 cm³/mol. The maximum absolute atomic E-state index is 6.09. The van der Waals surface area contributed by atoms with E-state index in [4.69, 9.17) is 19.0 Å². The Morgan fingerprint density at radius 1 is 0.850 bits per heavy atom. The molecule has 0 fully saturated rings. The molecule has 0 aliphatic rings. The van der Waals surface area contributed by atoms with Crippen LogP contribution in [-0.4, -0.2) is 34.7 Å². The molecule has 1 unspecified atom stereocenters. The van der Waals surface area contributed by atoms with Gasteiger partial charge in [0.2, 0.25) is 0 Å². The van der Waals surface area contributed by atoms with Crippen molar-refractivity contribution < 1.29 is 13.3 Å². The maximum Gasteiger partial charge on any atom is 0.500 e. The minimum Gasteiger partial charge on any atom is -0.373 e. The number of rotatable bonds is 14. The van der Waals surface area contributed by atoms with Gasteiger partial charge in [-0.2, -0.15) is 0 Å². The molecule has 1 atom stereocenters. The lowest BCUT2D eigenvalue weighted by molar-refractivity contribution is 0.0554. The van der Waals surface area contributed by atoms with Gasteiger partial charge >= 0.3 is 8.80 Å². The zero-order valence-electron chi connectivity index (χ0n) is 14.0. The standard InChI is InChI=1S/C15H35NO3Si/c1-5-8-11-17-20(14-7-3,18-12-9-6-2)19-13-10-15(4)16/h15H,5-14,16H2,1-4H3. The summed E-state index contributed by atoms with van der Waals surface area (Å²) in [4.78, 5) is 0. The van der Waals surface area contributed by atoms with E-state index >= 15 is 0 Å².